The van der Waals surface area contributed by atoms with Gasteiger partial charge in [0, 0.05) is 18.8 Å². The van der Waals surface area contributed by atoms with E-state index < -0.39 is 5.82 Å². The Morgan fingerprint density at radius 2 is 2.00 bits per heavy atom. The van der Waals surface area contributed by atoms with Crippen molar-refractivity contribution in [3.8, 4) is 0 Å². The minimum Gasteiger partial charge on any atom is -0.317 e. The predicted octanol–water partition coefficient (Wildman–Crippen LogP) is 1.88. The number of fused-ring (bicyclic) bond motifs is 1. The zero-order chi connectivity index (χ0) is 11.9. The maximum atomic E-state index is 13.0. The fourth-order valence-corrected chi connectivity index (χ4v) is 1.72. The number of ketones is 1. The molecule has 0 aliphatic carbocycles. The van der Waals surface area contributed by atoms with Crippen LogP contribution in [-0.2, 0) is 7.05 Å². The lowest BCUT2D eigenvalue weighted by molar-refractivity contribution is 0.101. The van der Waals surface area contributed by atoms with E-state index in [9.17, 15) is 14.0 Å². The summed E-state index contributed by atoms with van der Waals surface area (Å²) < 4.78 is 14.3. The number of aryl methyl sites for hydroxylation is 1. The summed E-state index contributed by atoms with van der Waals surface area (Å²) in [5, 5.41) is 0.729. The van der Waals surface area contributed by atoms with E-state index in [2.05, 4.69) is 0 Å². The SMILES string of the molecule is CC(=O)c1cn(C)c(=O)c2cc(F)ccc12. The molecule has 1 heterocycles. The van der Waals surface area contributed by atoms with Crippen LogP contribution in [0, 0.1) is 5.82 Å². The number of carbonyl (C=O) groups is 1. The quantitative estimate of drug-likeness (QED) is 0.687. The summed E-state index contributed by atoms with van der Waals surface area (Å²) in [6, 6.07) is 3.86. The maximum absolute atomic E-state index is 13.0. The third-order valence-corrected chi connectivity index (χ3v) is 2.52. The Bertz CT molecular complexity index is 643. The number of hydrogen-bond donors (Lipinski definition) is 0. The van der Waals surface area contributed by atoms with Gasteiger partial charge in [0.1, 0.15) is 5.82 Å². The normalized spacial score (nSPS) is 10.7. The van der Waals surface area contributed by atoms with Crippen LogP contribution in [0.1, 0.15) is 17.3 Å². The first kappa shape index (κ1) is 10.5. The number of benzene rings is 1. The second-order valence-corrected chi connectivity index (χ2v) is 3.70. The number of aromatic nitrogens is 1. The molecule has 82 valence electrons. The monoisotopic (exact) mass is 219 g/mol. The van der Waals surface area contributed by atoms with Gasteiger partial charge in [-0.2, -0.15) is 0 Å². The number of rotatable bonds is 1. The van der Waals surface area contributed by atoms with E-state index >= 15 is 0 Å². The predicted molar refractivity (Wildman–Crippen MR) is 59.2 cm³/mol. The lowest BCUT2D eigenvalue weighted by Gasteiger charge is -2.06. The molecule has 0 aliphatic rings. The summed E-state index contributed by atoms with van der Waals surface area (Å²) in [4.78, 5) is 23.1. The van der Waals surface area contributed by atoms with E-state index in [0.717, 1.165) is 6.07 Å². The molecule has 0 N–H and O–H groups in total. The van der Waals surface area contributed by atoms with Crippen molar-refractivity contribution in [2.24, 2.45) is 7.05 Å². The van der Waals surface area contributed by atoms with Crippen LogP contribution in [0.5, 0.6) is 0 Å². The highest BCUT2D eigenvalue weighted by Crippen LogP contribution is 2.17. The van der Waals surface area contributed by atoms with E-state index in [4.69, 9.17) is 0 Å². The Hall–Kier alpha value is -1.97. The van der Waals surface area contributed by atoms with Gasteiger partial charge in [-0.05, 0) is 24.4 Å². The summed E-state index contributed by atoms with van der Waals surface area (Å²) in [6.45, 7) is 1.42. The smallest absolute Gasteiger partial charge is 0.258 e. The molecule has 0 saturated heterocycles. The van der Waals surface area contributed by atoms with Gasteiger partial charge in [-0.25, -0.2) is 4.39 Å². The van der Waals surface area contributed by atoms with Crippen LogP contribution >= 0.6 is 0 Å². The molecule has 0 radical (unpaired) electrons. The van der Waals surface area contributed by atoms with Crippen LogP contribution in [0.3, 0.4) is 0 Å². The van der Waals surface area contributed by atoms with E-state index in [1.165, 1.54) is 29.8 Å². The molecule has 0 fully saturated rings. The van der Waals surface area contributed by atoms with Gasteiger partial charge in [-0.1, -0.05) is 6.07 Å². The molecule has 0 bridgehead atoms. The van der Waals surface area contributed by atoms with E-state index in [-0.39, 0.29) is 16.7 Å². The van der Waals surface area contributed by atoms with Crippen molar-refractivity contribution < 1.29 is 9.18 Å². The minimum absolute atomic E-state index is 0.146. The maximum Gasteiger partial charge on any atom is 0.258 e. The molecule has 4 heteroatoms. The van der Waals surface area contributed by atoms with Crippen LogP contribution in [0.4, 0.5) is 4.39 Å². The fourth-order valence-electron chi connectivity index (χ4n) is 1.72. The first-order valence-corrected chi connectivity index (χ1v) is 4.80. The molecule has 0 amide bonds. The molecular formula is C12H10FNO2. The van der Waals surface area contributed by atoms with Gasteiger partial charge in [0.05, 0.1) is 5.39 Å². The highest BCUT2D eigenvalue weighted by molar-refractivity contribution is 6.06. The summed E-state index contributed by atoms with van der Waals surface area (Å²) in [5.41, 5.74) is 0.122. The number of halogens is 1. The van der Waals surface area contributed by atoms with Gasteiger partial charge in [-0.3, -0.25) is 9.59 Å². The molecule has 0 unspecified atom stereocenters. The Morgan fingerprint density at radius 3 is 2.62 bits per heavy atom. The lowest BCUT2D eigenvalue weighted by atomic mass is 10.0. The van der Waals surface area contributed by atoms with Crippen molar-refractivity contribution in [3.63, 3.8) is 0 Å². The van der Waals surface area contributed by atoms with Gasteiger partial charge < -0.3 is 4.57 Å². The van der Waals surface area contributed by atoms with Crippen LogP contribution in [-0.4, -0.2) is 10.4 Å². The first-order chi connectivity index (χ1) is 7.50. The Morgan fingerprint density at radius 1 is 1.31 bits per heavy atom. The van der Waals surface area contributed by atoms with Crippen LogP contribution < -0.4 is 5.56 Å². The van der Waals surface area contributed by atoms with Gasteiger partial charge >= 0.3 is 0 Å². The van der Waals surface area contributed by atoms with Gasteiger partial charge in [0.2, 0.25) is 0 Å². The summed E-state index contributed by atoms with van der Waals surface area (Å²) in [5.74, 6) is -0.627. The molecule has 0 atom stereocenters. The third kappa shape index (κ3) is 1.52. The molecular weight excluding hydrogens is 209 g/mol. The topological polar surface area (TPSA) is 39.1 Å². The Kier molecular flexibility index (Phi) is 2.34. The van der Waals surface area contributed by atoms with Crippen molar-refractivity contribution in [3.05, 3.63) is 46.1 Å². The van der Waals surface area contributed by atoms with Crippen molar-refractivity contribution in [1.29, 1.82) is 0 Å². The number of Topliss-reactive ketones (excluding diaryl/α,β-unsaturated/α-hetero) is 1. The lowest BCUT2D eigenvalue weighted by Crippen LogP contribution is -2.18. The van der Waals surface area contributed by atoms with Crippen molar-refractivity contribution in [2.45, 2.75) is 6.92 Å². The minimum atomic E-state index is -0.481. The molecule has 0 saturated carbocycles. The van der Waals surface area contributed by atoms with Crippen LogP contribution in [0.25, 0.3) is 10.8 Å². The highest BCUT2D eigenvalue weighted by atomic mass is 19.1. The molecule has 0 aliphatic heterocycles. The Labute approximate surface area is 91.1 Å². The first-order valence-electron chi connectivity index (χ1n) is 4.80. The molecule has 16 heavy (non-hydrogen) atoms. The molecule has 3 nitrogen and oxygen atoms in total. The summed E-state index contributed by atoms with van der Waals surface area (Å²) >= 11 is 0. The molecule has 0 spiro atoms. The number of nitrogens with zero attached hydrogens (tertiary/aromatic N) is 1. The largest absolute Gasteiger partial charge is 0.317 e. The fraction of sp³-hybridized carbons (Fsp3) is 0.167. The average Bonchev–Trinajstić information content (AvgIpc) is 2.23. The van der Waals surface area contributed by atoms with Crippen molar-refractivity contribution in [1.82, 2.24) is 4.57 Å². The summed E-state index contributed by atoms with van der Waals surface area (Å²) in [7, 11) is 1.54. The van der Waals surface area contributed by atoms with Crippen LogP contribution in [0.2, 0.25) is 0 Å². The summed E-state index contributed by atoms with van der Waals surface area (Å²) in [6.07, 6.45) is 1.48. The third-order valence-electron chi connectivity index (χ3n) is 2.52. The van der Waals surface area contributed by atoms with E-state index in [1.807, 2.05) is 0 Å². The van der Waals surface area contributed by atoms with Gasteiger partial charge in [0.15, 0.2) is 5.78 Å². The van der Waals surface area contributed by atoms with Gasteiger partial charge in [-0.15, -0.1) is 0 Å². The Balaban J connectivity index is 3.01. The number of carbonyl (C=O) groups excluding carboxylic acids is 1. The molecule has 1 aromatic heterocycles. The number of pyridine rings is 1. The van der Waals surface area contributed by atoms with Gasteiger partial charge in [0.25, 0.3) is 5.56 Å². The zero-order valence-electron chi connectivity index (χ0n) is 8.95. The van der Waals surface area contributed by atoms with E-state index in [0.29, 0.717) is 10.9 Å². The average molecular weight is 219 g/mol. The van der Waals surface area contributed by atoms with Crippen molar-refractivity contribution in [2.75, 3.05) is 0 Å². The molecule has 2 aromatic rings. The van der Waals surface area contributed by atoms with E-state index in [1.54, 1.807) is 7.05 Å². The second-order valence-electron chi connectivity index (χ2n) is 3.70. The van der Waals surface area contributed by atoms with Crippen molar-refractivity contribution >= 4 is 16.6 Å². The highest BCUT2D eigenvalue weighted by Gasteiger charge is 2.10. The second kappa shape index (κ2) is 3.56. The van der Waals surface area contributed by atoms with Crippen LogP contribution in [0.15, 0.2) is 29.2 Å². The molecule has 1 aromatic carbocycles. The number of hydrogen-bond acceptors (Lipinski definition) is 2. The zero-order valence-corrected chi connectivity index (χ0v) is 8.95. The standard InChI is InChI=1S/C12H10FNO2/c1-7(15)11-6-14(2)12(16)10-5-8(13)3-4-9(10)11/h3-6H,1-2H3. The molecule has 2 rings (SSSR count).